The van der Waals surface area contributed by atoms with Gasteiger partial charge in [0.1, 0.15) is 5.57 Å². The van der Waals surface area contributed by atoms with E-state index in [0.29, 0.717) is 32.2 Å². The molecule has 8 heteroatoms. The molecule has 0 radical (unpaired) electrons. The Hall–Kier alpha value is -2.51. The van der Waals surface area contributed by atoms with Crippen molar-refractivity contribution in [2.45, 2.75) is 0 Å². The van der Waals surface area contributed by atoms with E-state index in [9.17, 15) is 9.59 Å². The van der Waals surface area contributed by atoms with Crippen molar-refractivity contribution in [1.29, 1.82) is 0 Å². The van der Waals surface area contributed by atoms with E-state index in [1.165, 1.54) is 11.1 Å². The van der Waals surface area contributed by atoms with Gasteiger partial charge < -0.3 is 9.47 Å². The minimum absolute atomic E-state index is 0.0135. The molecule has 0 aliphatic carbocycles. The lowest BCUT2D eigenvalue weighted by Gasteiger charge is -2.14. The molecule has 1 fully saturated rings. The fourth-order valence-corrected chi connectivity index (χ4v) is 3.17. The van der Waals surface area contributed by atoms with E-state index in [1.54, 1.807) is 36.4 Å². The minimum atomic E-state index is -0.491. The number of carbonyl (C=O) groups excluding carboxylic acids is 2. The van der Waals surface area contributed by atoms with E-state index < -0.39 is 11.8 Å². The number of nitrogens with zero attached hydrogens (tertiary/aromatic N) is 1. The van der Waals surface area contributed by atoms with Crippen LogP contribution in [0.25, 0.3) is 6.08 Å². The van der Waals surface area contributed by atoms with Gasteiger partial charge in [-0.05, 0) is 42.0 Å². The Balaban J connectivity index is 1.70. The number of benzene rings is 2. The molecule has 0 bridgehead atoms. The van der Waals surface area contributed by atoms with Crippen LogP contribution in [-0.4, -0.2) is 18.6 Å². The Morgan fingerprint density at radius 1 is 1.16 bits per heavy atom. The van der Waals surface area contributed by atoms with Gasteiger partial charge in [-0.3, -0.25) is 15.0 Å². The zero-order valence-electron chi connectivity index (χ0n) is 12.6. The van der Waals surface area contributed by atoms with Crippen LogP contribution in [-0.2, 0) is 9.59 Å². The molecule has 0 spiro atoms. The summed E-state index contributed by atoms with van der Waals surface area (Å²) in [6.07, 6.45) is 1.51. The van der Waals surface area contributed by atoms with Crippen molar-refractivity contribution in [3.05, 3.63) is 57.0 Å². The lowest BCUT2D eigenvalue weighted by molar-refractivity contribution is -0.117. The van der Waals surface area contributed by atoms with E-state index in [1.807, 2.05) is 0 Å². The third-order valence-electron chi connectivity index (χ3n) is 3.75. The number of fused-ring (bicyclic) bond motifs is 1. The van der Waals surface area contributed by atoms with Crippen LogP contribution in [0.4, 0.5) is 5.69 Å². The van der Waals surface area contributed by atoms with Crippen molar-refractivity contribution in [2.24, 2.45) is 0 Å². The summed E-state index contributed by atoms with van der Waals surface area (Å²) in [5, 5.41) is 1.64. The molecule has 2 heterocycles. The molecule has 0 saturated carbocycles. The van der Waals surface area contributed by atoms with Crippen molar-refractivity contribution >= 4 is 51.1 Å². The standard InChI is InChI=1S/C17H10BrClN2O4/c18-13-7-15-14(24-8-25-15)5-9(13)4-12-16(22)20-21(17(12)23)11-3-1-2-10(19)6-11/h1-7H,8H2,(H,20,22)/b12-4+. The van der Waals surface area contributed by atoms with Crippen molar-refractivity contribution in [2.75, 3.05) is 11.8 Å². The van der Waals surface area contributed by atoms with Crippen molar-refractivity contribution in [3.8, 4) is 11.5 Å². The zero-order chi connectivity index (χ0) is 17.6. The number of hydrogen-bond donors (Lipinski definition) is 1. The van der Waals surface area contributed by atoms with Crippen LogP contribution in [0, 0.1) is 0 Å². The lowest BCUT2D eigenvalue weighted by atomic mass is 10.1. The maximum atomic E-state index is 12.6. The number of ether oxygens (including phenoxy) is 2. The van der Waals surface area contributed by atoms with Gasteiger partial charge in [-0.15, -0.1) is 0 Å². The number of hydrazine groups is 1. The quantitative estimate of drug-likeness (QED) is 0.597. The van der Waals surface area contributed by atoms with Crippen LogP contribution in [0.1, 0.15) is 5.56 Å². The Kier molecular flexibility index (Phi) is 3.89. The number of amides is 2. The monoisotopic (exact) mass is 420 g/mol. The van der Waals surface area contributed by atoms with Crippen LogP contribution in [0.5, 0.6) is 11.5 Å². The highest BCUT2D eigenvalue weighted by Gasteiger charge is 2.34. The number of halogens is 2. The minimum Gasteiger partial charge on any atom is -0.454 e. The average Bonchev–Trinajstić information content (AvgIpc) is 3.14. The number of nitrogens with one attached hydrogen (secondary N) is 1. The topological polar surface area (TPSA) is 67.9 Å². The predicted molar refractivity (Wildman–Crippen MR) is 95.3 cm³/mol. The summed E-state index contributed by atoms with van der Waals surface area (Å²) in [6, 6.07) is 10.1. The first-order valence-electron chi connectivity index (χ1n) is 7.25. The Bertz CT molecular complexity index is 944. The Morgan fingerprint density at radius 3 is 2.68 bits per heavy atom. The molecule has 0 atom stereocenters. The van der Waals surface area contributed by atoms with Gasteiger partial charge >= 0.3 is 0 Å². The molecule has 2 aromatic rings. The van der Waals surface area contributed by atoms with E-state index in [-0.39, 0.29) is 12.4 Å². The molecule has 0 unspecified atom stereocenters. The first-order valence-corrected chi connectivity index (χ1v) is 8.42. The van der Waals surface area contributed by atoms with Crippen LogP contribution < -0.4 is 19.9 Å². The molecule has 2 aliphatic heterocycles. The first kappa shape index (κ1) is 16.0. The molecule has 6 nitrogen and oxygen atoms in total. The van der Waals surface area contributed by atoms with Gasteiger partial charge in [0.05, 0.1) is 5.69 Å². The molecule has 0 aromatic heterocycles. The molecule has 2 aliphatic rings. The second kappa shape index (κ2) is 6.09. The zero-order valence-corrected chi connectivity index (χ0v) is 14.9. The number of anilines is 1. The third kappa shape index (κ3) is 2.85. The number of carbonyl (C=O) groups is 2. The predicted octanol–water partition coefficient (Wildman–Crippen LogP) is 3.29. The summed E-state index contributed by atoms with van der Waals surface area (Å²) in [7, 11) is 0. The summed E-state index contributed by atoms with van der Waals surface area (Å²) >= 11 is 9.36. The van der Waals surface area contributed by atoms with E-state index >= 15 is 0 Å². The lowest BCUT2D eigenvalue weighted by Crippen LogP contribution is -2.35. The SMILES string of the molecule is O=C1NN(c2cccc(Cl)c2)C(=O)/C1=C/c1cc2c(cc1Br)OCO2. The van der Waals surface area contributed by atoms with Crippen LogP contribution in [0.3, 0.4) is 0 Å². The highest BCUT2D eigenvalue weighted by Crippen LogP contribution is 2.38. The number of rotatable bonds is 2. The van der Waals surface area contributed by atoms with Gasteiger partial charge in [-0.1, -0.05) is 33.6 Å². The summed E-state index contributed by atoms with van der Waals surface area (Å²) in [4.78, 5) is 24.9. The number of hydrogen-bond acceptors (Lipinski definition) is 4. The van der Waals surface area contributed by atoms with Gasteiger partial charge in [-0.25, -0.2) is 5.01 Å². The third-order valence-corrected chi connectivity index (χ3v) is 4.67. The van der Waals surface area contributed by atoms with Gasteiger partial charge in [0.2, 0.25) is 6.79 Å². The molecule has 1 saturated heterocycles. The molecule has 126 valence electrons. The van der Waals surface area contributed by atoms with Gasteiger partial charge in [0, 0.05) is 9.50 Å². The molecule has 4 rings (SSSR count). The van der Waals surface area contributed by atoms with E-state index in [0.717, 1.165) is 0 Å². The fraction of sp³-hybridized carbons (Fsp3) is 0.0588. The van der Waals surface area contributed by atoms with Crippen molar-refractivity contribution in [1.82, 2.24) is 5.43 Å². The fourth-order valence-electron chi connectivity index (χ4n) is 2.55. The van der Waals surface area contributed by atoms with Gasteiger partial charge in [0.15, 0.2) is 11.5 Å². The van der Waals surface area contributed by atoms with Gasteiger partial charge in [-0.2, -0.15) is 0 Å². The second-order valence-corrected chi connectivity index (χ2v) is 6.64. The summed E-state index contributed by atoms with van der Waals surface area (Å²) in [5.74, 6) is 0.218. The van der Waals surface area contributed by atoms with E-state index in [2.05, 4.69) is 21.4 Å². The average molecular weight is 422 g/mol. The second-order valence-electron chi connectivity index (χ2n) is 5.35. The maximum absolute atomic E-state index is 12.6. The largest absolute Gasteiger partial charge is 0.454 e. The van der Waals surface area contributed by atoms with Crippen LogP contribution >= 0.6 is 27.5 Å². The van der Waals surface area contributed by atoms with Crippen LogP contribution in [0.15, 0.2) is 46.4 Å². The first-order chi connectivity index (χ1) is 12.0. The molecule has 25 heavy (non-hydrogen) atoms. The maximum Gasteiger partial charge on any atom is 0.282 e. The highest BCUT2D eigenvalue weighted by molar-refractivity contribution is 9.10. The summed E-state index contributed by atoms with van der Waals surface area (Å²) in [5.41, 5.74) is 3.67. The molecule has 1 N–H and O–H groups in total. The summed E-state index contributed by atoms with van der Waals surface area (Å²) in [6.45, 7) is 0.143. The summed E-state index contributed by atoms with van der Waals surface area (Å²) < 4.78 is 11.3. The van der Waals surface area contributed by atoms with Crippen LogP contribution in [0.2, 0.25) is 5.02 Å². The smallest absolute Gasteiger partial charge is 0.282 e. The molecule has 2 aromatic carbocycles. The molecule has 2 amide bonds. The van der Waals surface area contributed by atoms with Crippen molar-refractivity contribution < 1.29 is 19.1 Å². The molecular formula is C17H10BrClN2O4. The normalized spacial score (nSPS) is 17.4. The Labute approximate surface area is 156 Å². The highest BCUT2D eigenvalue weighted by atomic mass is 79.9. The molecular weight excluding hydrogens is 412 g/mol. The van der Waals surface area contributed by atoms with Crippen molar-refractivity contribution in [3.63, 3.8) is 0 Å². The Morgan fingerprint density at radius 2 is 1.92 bits per heavy atom. The van der Waals surface area contributed by atoms with Gasteiger partial charge in [0.25, 0.3) is 11.8 Å². The van der Waals surface area contributed by atoms with E-state index in [4.69, 9.17) is 21.1 Å².